The molecule has 0 atom stereocenters. The van der Waals surface area contributed by atoms with Crippen LogP contribution in [0, 0.1) is 0 Å². The molecule has 0 radical (unpaired) electrons. The maximum absolute atomic E-state index is 4.45. The molecule has 1 aliphatic rings. The number of hydrogen-bond donors (Lipinski definition) is 1. The molecule has 0 saturated carbocycles. The lowest BCUT2D eigenvalue weighted by Crippen LogP contribution is -2.17. The summed E-state index contributed by atoms with van der Waals surface area (Å²) in [6, 6.07) is 8.05. The molecule has 0 unspecified atom stereocenters. The van der Waals surface area contributed by atoms with Crippen molar-refractivity contribution in [2.75, 3.05) is 6.54 Å². The van der Waals surface area contributed by atoms with Crippen LogP contribution >= 0.6 is 15.9 Å². The first-order chi connectivity index (χ1) is 8.34. The van der Waals surface area contributed by atoms with E-state index in [1.807, 2.05) is 30.5 Å². The van der Waals surface area contributed by atoms with E-state index in [1.165, 1.54) is 19.3 Å². The average molecular weight is 294 g/mol. The summed E-state index contributed by atoms with van der Waals surface area (Å²) in [6.07, 6.45) is 6.50. The zero-order valence-corrected chi connectivity index (χ0v) is 11.3. The molecule has 0 bridgehead atoms. The molecule has 1 heterocycles. The molecule has 4 heteroatoms. The van der Waals surface area contributed by atoms with Gasteiger partial charge in [0.05, 0.1) is 6.21 Å². The van der Waals surface area contributed by atoms with Gasteiger partial charge in [-0.15, -0.1) is 0 Å². The quantitative estimate of drug-likeness (QED) is 0.659. The molecular formula is C13H16BrN3. The molecule has 1 N–H and O–H groups in total. The smallest absolute Gasteiger partial charge is 0.117 e. The fraction of sp³-hybridized carbons (Fsp3) is 0.385. The van der Waals surface area contributed by atoms with E-state index in [1.54, 1.807) is 0 Å². The molecule has 0 amide bonds. The van der Waals surface area contributed by atoms with Crippen molar-refractivity contribution in [2.45, 2.75) is 25.7 Å². The predicted molar refractivity (Wildman–Crippen MR) is 75.6 cm³/mol. The molecule has 1 aromatic carbocycles. The first-order valence-electron chi connectivity index (χ1n) is 5.92. The standard InChI is InChI=1S/C13H16BrN3/c14-12-7-5-11(6-8-12)10-16-17-13-4-2-1-3-9-15-13/h5-8,10H,1-4,9H2,(H,15,17)/b16-10+. The number of nitrogens with zero attached hydrogens (tertiary/aromatic N) is 2. The van der Waals surface area contributed by atoms with E-state index < -0.39 is 0 Å². The van der Waals surface area contributed by atoms with Gasteiger partial charge in [0.1, 0.15) is 5.84 Å². The number of rotatable bonds is 2. The Labute approximate surface area is 110 Å². The van der Waals surface area contributed by atoms with Gasteiger partial charge in [-0.25, -0.2) is 0 Å². The van der Waals surface area contributed by atoms with Gasteiger partial charge in [0.2, 0.25) is 0 Å². The zero-order valence-electron chi connectivity index (χ0n) is 9.69. The Bertz CT molecular complexity index is 409. The number of hydrazone groups is 1. The van der Waals surface area contributed by atoms with Gasteiger partial charge < -0.3 is 0 Å². The minimum Gasteiger partial charge on any atom is -0.271 e. The van der Waals surface area contributed by atoms with Crippen LogP contribution in [0.5, 0.6) is 0 Å². The Hall–Kier alpha value is -1.16. The Morgan fingerprint density at radius 1 is 1.18 bits per heavy atom. The second-order valence-electron chi connectivity index (χ2n) is 4.06. The Morgan fingerprint density at radius 3 is 2.82 bits per heavy atom. The van der Waals surface area contributed by atoms with Crippen LogP contribution in [0.2, 0.25) is 0 Å². The summed E-state index contributed by atoms with van der Waals surface area (Å²) in [5.41, 5.74) is 4.11. The summed E-state index contributed by atoms with van der Waals surface area (Å²) in [4.78, 5) is 4.45. The van der Waals surface area contributed by atoms with Crippen LogP contribution in [-0.2, 0) is 0 Å². The SMILES string of the molecule is Brc1ccc(/C=N/NC2=NCCCCC2)cc1. The number of hydrogen-bond acceptors (Lipinski definition) is 3. The fourth-order valence-electron chi connectivity index (χ4n) is 1.70. The van der Waals surface area contributed by atoms with Crippen LogP contribution in [0.25, 0.3) is 0 Å². The van der Waals surface area contributed by atoms with Crippen molar-refractivity contribution in [3.05, 3.63) is 34.3 Å². The van der Waals surface area contributed by atoms with Crippen LogP contribution in [0.4, 0.5) is 0 Å². The van der Waals surface area contributed by atoms with E-state index in [0.717, 1.165) is 28.8 Å². The first kappa shape index (κ1) is 12.3. The molecule has 1 aliphatic heterocycles. The summed E-state index contributed by atoms with van der Waals surface area (Å²) in [6.45, 7) is 0.927. The average Bonchev–Trinajstić information content (AvgIpc) is 2.60. The third kappa shape index (κ3) is 4.30. The molecule has 0 saturated heterocycles. The molecule has 3 nitrogen and oxygen atoms in total. The largest absolute Gasteiger partial charge is 0.271 e. The lowest BCUT2D eigenvalue weighted by atomic mass is 10.2. The summed E-state index contributed by atoms with van der Waals surface area (Å²) in [5, 5.41) is 4.22. The molecule has 0 aliphatic carbocycles. The van der Waals surface area contributed by atoms with Crippen LogP contribution < -0.4 is 5.43 Å². The van der Waals surface area contributed by atoms with Crippen molar-refractivity contribution in [3.63, 3.8) is 0 Å². The normalized spacial score (nSPS) is 16.6. The fourth-order valence-corrected chi connectivity index (χ4v) is 1.96. The van der Waals surface area contributed by atoms with Gasteiger partial charge in [0.25, 0.3) is 0 Å². The Balaban J connectivity index is 1.88. The summed E-state index contributed by atoms with van der Waals surface area (Å²) < 4.78 is 1.08. The zero-order chi connectivity index (χ0) is 11.9. The Morgan fingerprint density at radius 2 is 2.00 bits per heavy atom. The van der Waals surface area contributed by atoms with Crippen LogP contribution in [-0.4, -0.2) is 18.6 Å². The van der Waals surface area contributed by atoms with E-state index in [0.29, 0.717) is 0 Å². The lowest BCUT2D eigenvalue weighted by Gasteiger charge is -2.01. The van der Waals surface area contributed by atoms with Crippen molar-refractivity contribution < 1.29 is 0 Å². The minimum atomic E-state index is 0.927. The van der Waals surface area contributed by atoms with Gasteiger partial charge in [0.15, 0.2) is 0 Å². The molecule has 90 valence electrons. The van der Waals surface area contributed by atoms with Gasteiger partial charge >= 0.3 is 0 Å². The van der Waals surface area contributed by atoms with Crippen LogP contribution in [0.1, 0.15) is 31.2 Å². The Kier molecular flexibility index (Phi) is 4.74. The summed E-state index contributed by atoms with van der Waals surface area (Å²) in [7, 11) is 0. The van der Waals surface area contributed by atoms with Gasteiger partial charge in [-0.1, -0.05) is 34.5 Å². The minimum absolute atomic E-state index is 0.927. The van der Waals surface area contributed by atoms with Crippen LogP contribution in [0.3, 0.4) is 0 Å². The topological polar surface area (TPSA) is 36.8 Å². The van der Waals surface area contributed by atoms with Crippen molar-refractivity contribution in [3.8, 4) is 0 Å². The molecular weight excluding hydrogens is 278 g/mol. The molecule has 17 heavy (non-hydrogen) atoms. The monoisotopic (exact) mass is 293 g/mol. The third-order valence-electron chi connectivity index (χ3n) is 2.65. The van der Waals surface area contributed by atoms with Gasteiger partial charge in [-0.3, -0.25) is 10.4 Å². The lowest BCUT2D eigenvalue weighted by molar-refractivity contribution is 0.729. The van der Waals surface area contributed by atoms with Gasteiger partial charge in [-0.05, 0) is 30.5 Å². The number of halogens is 1. The highest BCUT2D eigenvalue weighted by Gasteiger charge is 2.01. The van der Waals surface area contributed by atoms with Crippen LogP contribution in [0.15, 0.2) is 38.8 Å². The van der Waals surface area contributed by atoms with Gasteiger partial charge in [-0.2, -0.15) is 5.10 Å². The number of aliphatic imine (C=N–C) groups is 1. The molecule has 1 aromatic rings. The number of amidine groups is 1. The highest BCUT2D eigenvalue weighted by molar-refractivity contribution is 9.10. The third-order valence-corrected chi connectivity index (χ3v) is 3.18. The van der Waals surface area contributed by atoms with Crippen molar-refractivity contribution in [2.24, 2.45) is 10.1 Å². The summed E-state index contributed by atoms with van der Waals surface area (Å²) >= 11 is 3.41. The molecule has 2 rings (SSSR count). The van der Waals surface area contributed by atoms with E-state index >= 15 is 0 Å². The van der Waals surface area contributed by atoms with Gasteiger partial charge in [0, 0.05) is 17.4 Å². The van der Waals surface area contributed by atoms with E-state index in [2.05, 4.69) is 31.4 Å². The maximum atomic E-state index is 4.45. The van der Waals surface area contributed by atoms with E-state index in [4.69, 9.17) is 0 Å². The molecule has 0 spiro atoms. The van der Waals surface area contributed by atoms with E-state index in [9.17, 15) is 0 Å². The number of benzene rings is 1. The van der Waals surface area contributed by atoms with E-state index in [-0.39, 0.29) is 0 Å². The second-order valence-corrected chi connectivity index (χ2v) is 4.98. The predicted octanol–water partition coefficient (Wildman–Crippen LogP) is 3.35. The van der Waals surface area contributed by atoms with Crippen molar-refractivity contribution >= 4 is 28.0 Å². The highest BCUT2D eigenvalue weighted by atomic mass is 79.9. The van der Waals surface area contributed by atoms with Crippen molar-refractivity contribution in [1.29, 1.82) is 0 Å². The maximum Gasteiger partial charge on any atom is 0.117 e. The van der Waals surface area contributed by atoms with Crippen molar-refractivity contribution in [1.82, 2.24) is 5.43 Å². The first-order valence-corrected chi connectivity index (χ1v) is 6.72. The summed E-state index contributed by atoms with van der Waals surface area (Å²) in [5.74, 6) is 1.01. The molecule has 0 fully saturated rings. The number of nitrogens with one attached hydrogen (secondary N) is 1. The highest BCUT2D eigenvalue weighted by Crippen LogP contribution is 2.09. The molecule has 0 aromatic heterocycles. The second kappa shape index (κ2) is 6.55.